The molecule has 0 unspecified atom stereocenters. The molecule has 0 fully saturated rings. The SMILES string of the molecule is Cc1ccc2c(c1C)[C]c1ccccc1-2. The Labute approximate surface area is 90.6 Å². The van der Waals surface area contributed by atoms with Crippen LogP contribution in [-0.2, 0) is 0 Å². The minimum Gasteiger partial charge on any atom is -0.0619 e. The Balaban J connectivity index is 2.31. The second kappa shape index (κ2) is 2.96. The molecule has 1 aliphatic rings. The van der Waals surface area contributed by atoms with Crippen molar-refractivity contribution in [2.24, 2.45) is 0 Å². The largest absolute Gasteiger partial charge is 0.0619 e. The normalized spacial score (nSPS) is 12.4. The Morgan fingerprint density at radius 1 is 0.867 bits per heavy atom. The quantitative estimate of drug-likeness (QED) is 0.508. The van der Waals surface area contributed by atoms with Gasteiger partial charge < -0.3 is 0 Å². The van der Waals surface area contributed by atoms with E-state index in [0.29, 0.717) is 0 Å². The summed E-state index contributed by atoms with van der Waals surface area (Å²) in [6, 6.07) is 12.9. The van der Waals surface area contributed by atoms with Crippen LogP contribution in [0.15, 0.2) is 36.4 Å². The van der Waals surface area contributed by atoms with E-state index in [1.165, 1.54) is 33.4 Å². The predicted molar refractivity (Wildman–Crippen MR) is 62.8 cm³/mol. The van der Waals surface area contributed by atoms with Crippen molar-refractivity contribution >= 4 is 0 Å². The first-order valence-electron chi connectivity index (χ1n) is 5.24. The minimum atomic E-state index is 1.22. The van der Waals surface area contributed by atoms with E-state index >= 15 is 0 Å². The van der Waals surface area contributed by atoms with Crippen LogP contribution >= 0.6 is 0 Å². The number of rotatable bonds is 0. The zero-order valence-electron chi connectivity index (χ0n) is 8.96. The van der Waals surface area contributed by atoms with Gasteiger partial charge in [-0.1, -0.05) is 36.4 Å². The first-order chi connectivity index (χ1) is 7.27. The fourth-order valence-electron chi connectivity index (χ4n) is 2.16. The van der Waals surface area contributed by atoms with E-state index < -0.39 is 0 Å². The molecule has 2 aromatic carbocycles. The molecule has 0 N–H and O–H groups in total. The Bertz CT molecular complexity index is 536. The van der Waals surface area contributed by atoms with Crippen molar-refractivity contribution < 1.29 is 0 Å². The fraction of sp³-hybridized carbons (Fsp3) is 0.133. The van der Waals surface area contributed by atoms with Crippen molar-refractivity contribution in [3.63, 3.8) is 0 Å². The van der Waals surface area contributed by atoms with Gasteiger partial charge in [-0.2, -0.15) is 0 Å². The second-order valence-corrected chi connectivity index (χ2v) is 4.10. The van der Waals surface area contributed by atoms with E-state index in [9.17, 15) is 0 Å². The molecule has 0 saturated carbocycles. The van der Waals surface area contributed by atoms with Gasteiger partial charge in [-0.15, -0.1) is 0 Å². The highest BCUT2D eigenvalue weighted by Gasteiger charge is 2.20. The maximum atomic E-state index is 3.49. The van der Waals surface area contributed by atoms with Crippen LogP contribution < -0.4 is 0 Å². The molecule has 1 aliphatic carbocycles. The average molecular weight is 192 g/mol. The summed E-state index contributed by atoms with van der Waals surface area (Å²) in [5, 5.41) is 0. The minimum absolute atomic E-state index is 1.22. The summed E-state index contributed by atoms with van der Waals surface area (Å²) in [6.45, 7) is 4.33. The number of benzene rings is 2. The van der Waals surface area contributed by atoms with Crippen molar-refractivity contribution in [2.75, 3.05) is 0 Å². The molecule has 72 valence electrons. The predicted octanol–water partition coefficient (Wildman–Crippen LogP) is 3.76. The van der Waals surface area contributed by atoms with Gasteiger partial charge in [-0.3, -0.25) is 0 Å². The molecule has 2 radical (unpaired) electrons. The molecule has 3 rings (SSSR count). The van der Waals surface area contributed by atoms with Crippen molar-refractivity contribution in [2.45, 2.75) is 13.8 Å². The Morgan fingerprint density at radius 2 is 1.67 bits per heavy atom. The number of aryl methyl sites for hydroxylation is 1. The van der Waals surface area contributed by atoms with E-state index in [-0.39, 0.29) is 0 Å². The lowest BCUT2D eigenvalue weighted by atomic mass is 9.98. The summed E-state index contributed by atoms with van der Waals surface area (Å²) in [7, 11) is 0. The van der Waals surface area contributed by atoms with E-state index in [2.05, 4.69) is 56.7 Å². The first-order valence-corrected chi connectivity index (χ1v) is 5.24. The zero-order valence-corrected chi connectivity index (χ0v) is 8.96. The number of hydrogen-bond acceptors (Lipinski definition) is 0. The smallest absolute Gasteiger partial charge is 0.0517 e. The highest BCUT2D eigenvalue weighted by atomic mass is 14.2. The average Bonchev–Trinajstić information content (AvgIpc) is 2.63. The molecule has 0 heteroatoms. The lowest BCUT2D eigenvalue weighted by Crippen LogP contribution is -1.88. The Morgan fingerprint density at radius 3 is 2.53 bits per heavy atom. The molecule has 0 heterocycles. The molecule has 0 aliphatic heterocycles. The maximum Gasteiger partial charge on any atom is 0.0517 e. The molecule has 0 atom stereocenters. The first kappa shape index (κ1) is 8.72. The lowest BCUT2D eigenvalue weighted by Gasteiger charge is -2.06. The fourth-order valence-corrected chi connectivity index (χ4v) is 2.16. The molecule has 0 nitrogen and oxygen atoms in total. The Hall–Kier alpha value is -1.56. The summed E-state index contributed by atoms with van der Waals surface area (Å²) in [5.74, 6) is 0. The van der Waals surface area contributed by atoms with Gasteiger partial charge in [0.2, 0.25) is 0 Å². The van der Waals surface area contributed by atoms with Crippen LogP contribution in [-0.4, -0.2) is 0 Å². The third-order valence-electron chi connectivity index (χ3n) is 3.21. The molecule has 0 aromatic heterocycles. The van der Waals surface area contributed by atoms with Crippen LogP contribution in [0.3, 0.4) is 0 Å². The van der Waals surface area contributed by atoms with Crippen LogP contribution in [0.25, 0.3) is 11.1 Å². The van der Waals surface area contributed by atoms with Gasteiger partial charge in [0.05, 0.1) is 6.42 Å². The van der Waals surface area contributed by atoms with Crippen molar-refractivity contribution in [1.82, 2.24) is 0 Å². The molecule has 0 spiro atoms. The molecular formula is C15H12. The molecule has 0 bridgehead atoms. The topological polar surface area (TPSA) is 0 Å². The zero-order chi connectivity index (χ0) is 10.4. The van der Waals surface area contributed by atoms with Crippen LogP contribution in [0.5, 0.6) is 0 Å². The van der Waals surface area contributed by atoms with Crippen molar-refractivity contribution in [1.29, 1.82) is 0 Å². The lowest BCUT2D eigenvalue weighted by molar-refractivity contribution is 1.30. The summed E-state index contributed by atoms with van der Waals surface area (Å²) >= 11 is 0. The summed E-state index contributed by atoms with van der Waals surface area (Å²) in [6.07, 6.45) is 3.49. The van der Waals surface area contributed by atoms with E-state index in [4.69, 9.17) is 0 Å². The van der Waals surface area contributed by atoms with Gasteiger partial charge in [-0.05, 0) is 47.2 Å². The molecule has 0 saturated heterocycles. The third-order valence-corrected chi connectivity index (χ3v) is 3.21. The van der Waals surface area contributed by atoms with Crippen LogP contribution in [0.4, 0.5) is 0 Å². The molecule has 2 aromatic rings. The monoisotopic (exact) mass is 192 g/mol. The molecule has 15 heavy (non-hydrogen) atoms. The van der Waals surface area contributed by atoms with Crippen molar-refractivity contribution in [3.05, 3.63) is 65.1 Å². The van der Waals surface area contributed by atoms with Gasteiger partial charge in [0.15, 0.2) is 0 Å². The van der Waals surface area contributed by atoms with Crippen LogP contribution in [0, 0.1) is 20.3 Å². The van der Waals surface area contributed by atoms with E-state index in [0.717, 1.165) is 0 Å². The number of hydrogen-bond donors (Lipinski definition) is 0. The van der Waals surface area contributed by atoms with Gasteiger partial charge in [0.25, 0.3) is 0 Å². The molecular weight excluding hydrogens is 180 g/mol. The summed E-state index contributed by atoms with van der Waals surface area (Å²) in [4.78, 5) is 0. The van der Waals surface area contributed by atoms with Gasteiger partial charge in [0.1, 0.15) is 0 Å². The highest BCUT2D eigenvalue weighted by Crippen LogP contribution is 2.39. The van der Waals surface area contributed by atoms with Crippen molar-refractivity contribution in [3.8, 4) is 11.1 Å². The van der Waals surface area contributed by atoms with Crippen LogP contribution in [0.2, 0.25) is 0 Å². The van der Waals surface area contributed by atoms with Crippen LogP contribution in [0.1, 0.15) is 22.3 Å². The van der Waals surface area contributed by atoms with E-state index in [1.54, 1.807) is 0 Å². The highest BCUT2D eigenvalue weighted by molar-refractivity contribution is 5.82. The summed E-state index contributed by atoms with van der Waals surface area (Å²) in [5.41, 5.74) is 7.83. The maximum absolute atomic E-state index is 3.49. The third kappa shape index (κ3) is 1.14. The molecule has 0 amide bonds. The standard InChI is InChI=1S/C15H12/c1-10-7-8-14-13-6-4-3-5-12(13)9-15(14)11(10)2/h3-8H,1-2H3. The van der Waals surface area contributed by atoms with Gasteiger partial charge in [0, 0.05) is 0 Å². The Kier molecular flexibility index (Phi) is 1.72. The van der Waals surface area contributed by atoms with Gasteiger partial charge >= 0.3 is 0 Å². The number of fused-ring (bicyclic) bond motifs is 3. The van der Waals surface area contributed by atoms with E-state index in [1.807, 2.05) is 0 Å². The summed E-state index contributed by atoms with van der Waals surface area (Å²) < 4.78 is 0. The second-order valence-electron chi connectivity index (χ2n) is 4.10. The van der Waals surface area contributed by atoms with Gasteiger partial charge in [-0.25, -0.2) is 0 Å².